The van der Waals surface area contributed by atoms with Gasteiger partial charge in [0, 0.05) is 0 Å². The molecule has 0 unspecified atom stereocenters. The van der Waals surface area contributed by atoms with Crippen molar-refractivity contribution in [1.82, 2.24) is 0 Å². The van der Waals surface area contributed by atoms with E-state index < -0.39 is 0 Å². The summed E-state index contributed by atoms with van der Waals surface area (Å²) in [6.07, 6.45) is 0. The highest BCUT2D eigenvalue weighted by Gasteiger charge is 2.18. The molecule has 0 aliphatic rings. The van der Waals surface area contributed by atoms with Gasteiger partial charge in [0.05, 0.1) is 0 Å². The average molecular weight is 280 g/mol. The largest absolute Gasteiger partial charge is 0.0622 e. The van der Waals surface area contributed by atoms with Crippen molar-refractivity contribution in [2.45, 2.75) is 59.3 Å². The van der Waals surface area contributed by atoms with Crippen LogP contribution in [0.25, 0.3) is 11.1 Å². The van der Waals surface area contributed by atoms with Gasteiger partial charge in [-0.25, -0.2) is 0 Å². The summed E-state index contributed by atoms with van der Waals surface area (Å²) < 4.78 is 0. The fraction of sp³-hybridized carbons (Fsp3) is 0.429. The fourth-order valence-corrected chi connectivity index (χ4v) is 3.01. The SMILES string of the molecule is CC(C)c1cc(-c2ccccc2)c(C(C)C)c(C(C)C)c1. The maximum absolute atomic E-state index is 2.43. The summed E-state index contributed by atoms with van der Waals surface area (Å²) in [5.41, 5.74) is 7.23. The summed E-state index contributed by atoms with van der Waals surface area (Å²) >= 11 is 0. The van der Waals surface area contributed by atoms with E-state index in [1.165, 1.54) is 27.8 Å². The van der Waals surface area contributed by atoms with Gasteiger partial charge in [-0.1, -0.05) is 84.0 Å². The molecule has 0 saturated carbocycles. The van der Waals surface area contributed by atoms with Crippen molar-refractivity contribution in [2.75, 3.05) is 0 Å². The molecule has 112 valence electrons. The number of benzene rings is 2. The number of rotatable bonds is 4. The topological polar surface area (TPSA) is 0 Å². The molecule has 21 heavy (non-hydrogen) atoms. The Morgan fingerprint density at radius 1 is 0.667 bits per heavy atom. The molecule has 0 aliphatic heterocycles. The first-order chi connectivity index (χ1) is 9.91. The quantitative estimate of drug-likeness (QED) is 0.583. The van der Waals surface area contributed by atoms with Crippen molar-refractivity contribution in [1.29, 1.82) is 0 Å². The Morgan fingerprint density at radius 2 is 1.29 bits per heavy atom. The third kappa shape index (κ3) is 3.37. The van der Waals surface area contributed by atoms with Crippen molar-refractivity contribution in [3.8, 4) is 11.1 Å². The summed E-state index contributed by atoms with van der Waals surface area (Å²) in [4.78, 5) is 0. The van der Waals surface area contributed by atoms with Gasteiger partial charge in [-0.3, -0.25) is 0 Å². The van der Waals surface area contributed by atoms with Gasteiger partial charge in [0.25, 0.3) is 0 Å². The van der Waals surface area contributed by atoms with E-state index in [0.717, 1.165) is 0 Å². The predicted molar refractivity (Wildman–Crippen MR) is 94.1 cm³/mol. The van der Waals surface area contributed by atoms with Gasteiger partial charge in [0.2, 0.25) is 0 Å². The van der Waals surface area contributed by atoms with Crippen LogP contribution in [-0.2, 0) is 0 Å². The molecule has 0 radical (unpaired) electrons. The minimum Gasteiger partial charge on any atom is -0.0622 e. The Kier molecular flexibility index (Phi) is 4.88. The lowest BCUT2D eigenvalue weighted by molar-refractivity contribution is 0.780. The van der Waals surface area contributed by atoms with Crippen LogP contribution in [0.3, 0.4) is 0 Å². The molecular formula is C21H28. The Balaban J connectivity index is 2.76. The van der Waals surface area contributed by atoms with Crippen molar-refractivity contribution in [2.24, 2.45) is 0 Å². The standard InChI is InChI=1S/C21H28/c1-14(2)18-12-19(15(3)4)21(16(5)6)20(13-18)17-10-8-7-9-11-17/h7-16H,1-6H3. The first-order valence-electron chi connectivity index (χ1n) is 8.15. The number of hydrogen-bond acceptors (Lipinski definition) is 0. The summed E-state index contributed by atoms with van der Waals surface area (Å²) in [5, 5.41) is 0. The summed E-state index contributed by atoms with van der Waals surface area (Å²) in [6.45, 7) is 13.8. The Hall–Kier alpha value is -1.56. The van der Waals surface area contributed by atoms with Crippen LogP contribution in [0.1, 0.15) is 76.0 Å². The molecule has 0 aromatic heterocycles. The van der Waals surface area contributed by atoms with Crippen LogP contribution in [0.5, 0.6) is 0 Å². The van der Waals surface area contributed by atoms with Crippen molar-refractivity contribution in [3.63, 3.8) is 0 Å². The van der Waals surface area contributed by atoms with E-state index in [0.29, 0.717) is 17.8 Å². The molecule has 0 heteroatoms. The maximum atomic E-state index is 2.43. The number of hydrogen-bond donors (Lipinski definition) is 0. The van der Waals surface area contributed by atoms with Crippen molar-refractivity contribution in [3.05, 3.63) is 59.2 Å². The highest BCUT2D eigenvalue weighted by molar-refractivity contribution is 5.71. The second-order valence-corrected chi connectivity index (χ2v) is 6.90. The monoisotopic (exact) mass is 280 g/mol. The van der Waals surface area contributed by atoms with Crippen LogP contribution in [0.2, 0.25) is 0 Å². The molecule has 0 atom stereocenters. The van der Waals surface area contributed by atoms with Gasteiger partial charge in [-0.2, -0.15) is 0 Å². The van der Waals surface area contributed by atoms with Gasteiger partial charge < -0.3 is 0 Å². The lowest BCUT2D eigenvalue weighted by atomic mass is 9.81. The molecule has 0 N–H and O–H groups in total. The van der Waals surface area contributed by atoms with Crippen LogP contribution in [0, 0.1) is 0 Å². The molecule has 0 amide bonds. The van der Waals surface area contributed by atoms with Crippen LogP contribution in [0.4, 0.5) is 0 Å². The Bertz CT molecular complexity index is 589. The summed E-state index contributed by atoms with van der Waals surface area (Å²) in [5.74, 6) is 1.66. The highest BCUT2D eigenvalue weighted by atomic mass is 14.2. The first-order valence-corrected chi connectivity index (χ1v) is 8.15. The summed E-state index contributed by atoms with van der Waals surface area (Å²) in [7, 11) is 0. The zero-order chi connectivity index (χ0) is 15.6. The molecule has 2 rings (SSSR count). The molecule has 0 nitrogen and oxygen atoms in total. The second kappa shape index (κ2) is 6.47. The molecule has 0 fully saturated rings. The van der Waals surface area contributed by atoms with Gasteiger partial charge in [-0.05, 0) is 45.6 Å². The molecule has 0 spiro atoms. The maximum Gasteiger partial charge on any atom is -0.0144 e. The average Bonchev–Trinajstić information content (AvgIpc) is 2.46. The minimum atomic E-state index is 0.541. The van der Waals surface area contributed by atoms with Gasteiger partial charge in [0.15, 0.2) is 0 Å². The molecule has 0 saturated heterocycles. The summed E-state index contributed by atoms with van der Waals surface area (Å²) in [6, 6.07) is 15.7. The lowest BCUT2D eigenvalue weighted by Crippen LogP contribution is -2.04. The Morgan fingerprint density at radius 3 is 1.76 bits per heavy atom. The van der Waals surface area contributed by atoms with E-state index in [2.05, 4.69) is 84.0 Å². The lowest BCUT2D eigenvalue weighted by Gasteiger charge is -2.23. The van der Waals surface area contributed by atoms with Gasteiger partial charge >= 0.3 is 0 Å². The van der Waals surface area contributed by atoms with Gasteiger partial charge in [0.1, 0.15) is 0 Å². The third-order valence-corrected chi connectivity index (χ3v) is 4.19. The molecule has 2 aromatic rings. The predicted octanol–water partition coefficient (Wildman–Crippen LogP) is 6.72. The van der Waals surface area contributed by atoms with E-state index in [1.54, 1.807) is 0 Å². The molecule has 2 aromatic carbocycles. The highest BCUT2D eigenvalue weighted by Crippen LogP contribution is 2.38. The normalized spacial score (nSPS) is 11.7. The van der Waals surface area contributed by atoms with E-state index in [9.17, 15) is 0 Å². The van der Waals surface area contributed by atoms with Crippen molar-refractivity contribution >= 4 is 0 Å². The smallest absolute Gasteiger partial charge is 0.0144 e. The fourth-order valence-electron chi connectivity index (χ4n) is 3.01. The van der Waals surface area contributed by atoms with E-state index in [-0.39, 0.29) is 0 Å². The van der Waals surface area contributed by atoms with Crippen LogP contribution in [0.15, 0.2) is 42.5 Å². The van der Waals surface area contributed by atoms with Crippen molar-refractivity contribution < 1.29 is 0 Å². The van der Waals surface area contributed by atoms with Crippen LogP contribution < -0.4 is 0 Å². The van der Waals surface area contributed by atoms with Crippen LogP contribution >= 0.6 is 0 Å². The first kappa shape index (κ1) is 15.8. The van der Waals surface area contributed by atoms with Gasteiger partial charge in [-0.15, -0.1) is 0 Å². The molecule has 0 bridgehead atoms. The molecule has 0 heterocycles. The zero-order valence-corrected chi connectivity index (χ0v) is 14.3. The minimum absolute atomic E-state index is 0.541. The van der Waals surface area contributed by atoms with E-state index >= 15 is 0 Å². The zero-order valence-electron chi connectivity index (χ0n) is 14.3. The van der Waals surface area contributed by atoms with E-state index in [4.69, 9.17) is 0 Å². The molecular weight excluding hydrogens is 252 g/mol. The Labute approximate surface area is 130 Å². The second-order valence-electron chi connectivity index (χ2n) is 6.90. The van der Waals surface area contributed by atoms with Crippen LogP contribution in [-0.4, -0.2) is 0 Å². The third-order valence-electron chi connectivity index (χ3n) is 4.19. The molecule has 0 aliphatic carbocycles. The van der Waals surface area contributed by atoms with E-state index in [1.807, 2.05) is 0 Å².